The van der Waals surface area contributed by atoms with Crippen LogP contribution in [0.15, 0.2) is 35.2 Å². The lowest BCUT2D eigenvalue weighted by atomic mass is 10.2. The van der Waals surface area contributed by atoms with Crippen molar-refractivity contribution in [3.8, 4) is 11.5 Å². The Hall–Kier alpha value is -2.67. The third kappa shape index (κ3) is 5.54. The molecule has 12 heteroatoms. The Morgan fingerprint density at radius 1 is 0.763 bits per heavy atom. The summed E-state index contributed by atoms with van der Waals surface area (Å²) in [5.74, 6) is 2.75. The van der Waals surface area contributed by atoms with E-state index in [1.54, 1.807) is 18.2 Å². The largest absolute Gasteiger partial charge is 0.490 e. The highest BCUT2D eigenvalue weighted by Crippen LogP contribution is 2.33. The number of nitrogens with zero attached hydrogens (tertiary/aromatic N) is 6. The van der Waals surface area contributed by atoms with Gasteiger partial charge in [-0.1, -0.05) is 0 Å². The molecule has 1 unspecified atom stereocenters. The van der Waals surface area contributed by atoms with Gasteiger partial charge in [0.1, 0.15) is 0 Å². The van der Waals surface area contributed by atoms with E-state index in [0.29, 0.717) is 57.0 Å². The van der Waals surface area contributed by atoms with Gasteiger partial charge in [0.25, 0.3) is 0 Å². The Labute approximate surface area is 224 Å². The number of hydrogen-bond acceptors (Lipinski definition) is 10. The second-order valence-corrected chi connectivity index (χ2v) is 12.2. The van der Waals surface area contributed by atoms with Crippen LogP contribution >= 0.6 is 0 Å². The van der Waals surface area contributed by atoms with Crippen LogP contribution in [0.2, 0.25) is 0 Å². The molecular formula is C26H36N6O5S. The van der Waals surface area contributed by atoms with Crippen LogP contribution < -0.4 is 19.3 Å². The highest BCUT2D eigenvalue weighted by atomic mass is 32.2. The summed E-state index contributed by atoms with van der Waals surface area (Å²) in [6.45, 7) is 8.74. The average Bonchev–Trinajstić information content (AvgIpc) is 3.35. The second-order valence-electron chi connectivity index (χ2n) is 10.2. The molecule has 1 aromatic carbocycles. The van der Waals surface area contributed by atoms with E-state index in [4.69, 9.17) is 14.2 Å². The molecule has 3 fully saturated rings. The number of rotatable bonds is 6. The molecule has 11 nitrogen and oxygen atoms in total. The minimum atomic E-state index is -3.63. The highest BCUT2D eigenvalue weighted by molar-refractivity contribution is 7.89. The van der Waals surface area contributed by atoms with Gasteiger partial charge in [-0.05, 0) is 37.1 Å². The standard InChI is InChI=1S/C26H36N6O5S/c33-38(34,22-4-5-23-24(19-22)37-18-2-17-36-23)32-14-12-31(13-15-32)26-7-6-25(27-28-26)30-10-8-29(9-11-30)20-21-3-1-16-35-21/h4-7,19,21H,1-3,8-18,20H2. The summed E-state index contributed by atoms with van der Waals surface area (Å²) >= 11 is 0. The molecule has 1 atom stereocenters. The number of benzene rings is 1. The molecule has 3 saturated heterocycles. The van der Waals surface area contributed by atoms with E-state index in [2.05, 4.69) is 24.9 Å². The Morgan fingerprint density at radius 3 is 2.05 bits per heavy atom. The van der Waals surface area contributed by atoms with Crippen molar-refractivity contribution in [3.63, 3.8) is 0 Å². The highest BCUT2D eigenvalue weighted by Gasteiger charge is 2.30. The minimum absolute atomic E-state index is 0.232. The fourth-order valence-electron chi connectivity index (χ4n) is 5.50. The minimum Gasteiger partial charge on any atom is -0.490 e. The zero-order valence-corrected chi connectivity index (χ0v) is 22.5. The van der Waals surface area contributed by atoms with Crippen LogP contribution in [-0.2, 0) is 14.8 Å². The topological polar surface area (TPSA) is 101 Å². The van der Waals surface area contributed by atoms with Gasteiger partial charge < -0.3 is 24.0 Å². The summed E-state index contributed by atoms with van der Waals surface area (Å²) < 4.78 is 45.3. The van der Waals surface area contributed by atoms with Crippen LogP contribution in [0.1, 0.15) is 19.3 Å². The number of hydrogen-bond donors (Lipinski definition) is 0. The number of aromatic nitrogens is 2. The van der Waals surface area contributed by atoms with Crippen LogP contribution in [0.5, 0.6) is 11.5 Å². The van der Waals surface area contributed by atoms with E-state index in [-0.39, 0.29) is 4.90 Å². The predicted octanol–water partition coefficient (Wildman–Crippen LogP) is 1.45. The Kier molecular flexibility index (Phi) is 7.55. The Balaban J connectivity index is 1.02. The third-order valence-corrected chi connectivity index (χ3v) is 9.63. The van der Waals surface area contributed by atoms with Crippen molar-refractivity contribution in [2.24, 2.45) is 0 Å². The fraction of sp³-hybridized carbons (Fsp3) is 0.615. The van der Waals surface area contributed by atoms with Crippen molar-refractivity contribution in [2.45, 2.75) is 30.3 Å². The lowest BCUT2D eigenvalue weighted by Crippen LogP contribution is -2.49. The zero-order chi connectivity index (χ0) is 26.0. The normalized spacial score (nSPS) is 23.4. The van der Waals surface area contributed by atoms with E-state index >= 15 is 0 Å². The first kappa shape index (κ1) is 25.6. The van der Waals surface area contributed by atoms with Crippen LogP contribution in [0.3, 0.4) is 0 Å². The molecule has 2 aromatic rings. The van der Waals surface area contributed by atoms with E-state index in [0.717, 1.165) is 57.4 Å². The van der Waals surface area contributed by atoms with Crippen molar-refractivity contribution in [1.82, 2.24) is 19.4 Å². The summed E-state index contributed by atoms with van der Waals surface area (Å²) in [5, 5.41) is 8.99. The van der Waals surface area contributed by atoms with Gasteiger partial charge in [-0.2, -0.15) is 4.31 Å². The molecule has 0 N–H and O–H groups in total. The van der Waals surface area contributed by atoms with Crippen LogP contribution in [0.25, 0.3) is 0 Å². The molecule has 0 radical (unpaired) electrons. The maximum Gasteiger partial charge on any atom is 0.243 e. The van der Waals surface area contributed by atoms with Crippen molar-refractivity contribution >= 4 is 21.7 Å². The van der Waals surface area contributed by atoms with Gasteiger partial charge in [0, 0.05) is 78.0 Å². The monoisotopic (exact) mass is 544 g/mol. The Bertz CT molecular complexity index is 1190. The number of anilines is 2. The van der Waals surface area contributed by atoms with Crippen molar-refractivity contribution < 1.29 is 22.6 Å². The molecule has 0 aliphatic carbocycles. The summed E-state index contributed by atoms with van der Waals surface area (Å²) in [5.41, 5.74) is 0. The smallest absolute Gasteiger partial charge is 0.243 e. The molecule has 0 spiro atoms. The molecule has 0 bridgehead atoms. The summed E-state index contributed by atoms with van der Waals surface area (Å²) in [6.07, 6.45) is 3.51. The van der Waals surface area contributed by atoms with Crippen molar-refractivity contribution in [2.75, 3.05) is 88.5 Å². The quantitative estimate of drug-likeness (QED) is 0.531. The average molecular weight is 545 g/mol. The van der Waals surface area contributed by atoms with E-state index in [1.165, 1.54) is 17.1 Å². The van der Waals surface area contributed by atoms with Gasteiger partial charge in [-0.25, -0.2) is 8.42 Å². The first-order valence-corrected chi connectivity index (χ1v) is 15.1. The number of ether oxygens (including phenoxy) is 3. The van der Waals surface area contributed by atoms with Crippen LogP contribution in [-0.4, -0.2) is 113 Å². The molecule has 5 heterocycles. The zero-order valence-electron chi connectivity index (χ0n) is 21.7. The molecule has 4 aliphatic heterocycles. The molecule has 4 aliphatic rings. The van der Waals surface area contributed by atoms with Crippen molar-refractivity contribution in [3.05, 3.63) is 30.3 Å². The maximum absolute atomic E-state index is 13.3. The van der Waals surface area contributed by atoms with Gasteiger partial charge in [-0.15, -0.1) is 10.2 Å². The summed E-state index contributed by atoms with van der Waals surface area (Å²) in [6, 6.07) is 8.88. The molecule has 1 aromatic heterocycles. The van der Waals surface area contributed by atoms with Crippen LogP contribution in [0.4, 0.5) is 11.6 Å². The van der Waals surface area contributed by atoms with E-state index < -0.39 is 10.0 Å². The maximum atomic E-state index is 13.3. The number of piperazine rings is 2. The second kappa shape index (κ2) is 11.2. The first-order valence-electron chi connectivity index (χ1n) is 13.6. The molecule has 38 heavy (non-hydrogen) atoms. The number of sulfonamides is 1. The lowest BCUT2D eigenvalue weighted by molar-refractivity contribution is 0.0712. The molecular weight excluding hydrogens is 508 g/mol. The number of fused-ring (bicyclic) bond motifs is 1. The fourth-order valence-corrected chi connectivity index (χ4v) is 6.94. The molecule has 206 valence electrons. The van der Waals surface area contributed by atoms with E-state index in [1.807, 2.05) is 12.1 Å². The van der Waals surface area contributed by atoms with Gasteiger partial charge in [0.05, 0.1) is 24.2 Å². The molecule has 0 amide bonds. The van der Waals surface area contributed by atoms with Gasteiger partial charge in [0.2, 0.25) is 10.0 Å². The van der Waals surface area contributed by atoms with Crippen molar-refractivity contribution in [1.29, 1.82) is 0 Å². The SMILES string of the molecule is O=S(=O)(c1ccc2c(c1)OCCCO2)N1CCN(c2ccc(N3CCN(CC4CCCO4)CC3)nn2)CC1. The first-order chi connectivity index (χ1) is 18.6. The van der Waals surface area contributed by atoms with Gasteiger partial charge in [-0.3, -0.25) is 4.90 Å². The van der Waals surface area contributed by atoms with Gasteiger partial charge >= 0.3 is 0 Å². The molecule has 0 saturated carbocycles. The molecule has 6 rings (SSSR count). The third-order valence-electron chi connectivity index (χ3n) is 7.74. The summed E-state index contributed by atoms with van der Waals surface area (Å²) in [7, 11) is -3.63. The van der Waals surface area contributed by atoms with Crippen LogP contribution in [0, 0.1) is 0 Å². The summed E-state index contributed by atoms with van der Waals surface area (Å²) in [4.78, 5) is 7.09. The van der Waals surface area contributed by atoms with E-state index in [9.17, 15) is 8.42 Å². The predicted molar refractivity (Wildman–Crippen MR) is 143 cm³/mol. The lowest BCUT2D eigenvalue weighted by Gasteiger charge is -2.36. The Morgan fingerprint density at radius 2 is 1.42 bits per heavy atom. The van der Waals surface area contributed by atoms with Gasteiger partial charge in [0.15, 0.2) is 23.1 Å².